The lowest BCUT2D eigenvalue weighted by atomic mass is 10.2. The molecule has 1 aliphatic carbocycles. The van der Waals surface area contributed by atoms with Crippen LogP contribution in [0.5, 0.6) is 0 Å². The van der Waals surface area contributed by atoms with Crippen LogP contribution < -0.4 is 0 Å². The van der Waals surface area contributed by atoms with E-state index < -0.39 is 0 Å². The molecule has 0 radical (unpaired) electrons. The van der Waals surface area contributed by atoms with E-state index >= 15 is 0 Å². The monoisotopic (exact) mass is 347 g/mol. The van der Waals surface area contributed by atoms with Crippen molar-refractivity contribution in [3.63, 3.8) is 0 Å². The van der Waals surface area contributed by atoms with E-state index in [-0.39, 0.29) is 6.04 Å². The Morgan fingerprint density at radius 3 is 2.64 bits per heavy atom. The zero-order valence-electron chi connectivity index (χ0n) is 15.2. The van der Waals surface area contributed by atoms with E-state index in [1.54, 1.807) is 0 Å². The first-order valence-electron chi connectivity index (χ1n) is 9.78. The van der Waals surface area contributed by atoms with Gasteiger partial charge in [0.2, 0.25) is 11.8 Å². The number of carbonyl (C=O) groups is 1. The summed E-state index contributed by atoms with van der Waals surface area (Å²) in [5, 5.41) is 4.14. The number of hydrogen-bond acceptors (Lipinski definition) is 6. The van der Waals surface area contributed by atoms with E-state index in [9.17, 15) is 4.79 Å². The second kappa shape index (κ2) is 7.41. The van der Waals surface area contributed by atoms with Crippen molar-refractivity contribution in [2.45, 2.75) is 51.0 Å². The van der Waals surface area contributed by atoms with Gasteiger partial charge in [-0.15, -0.1) is 0 Å². The van der Waals surface area contributed by atoms with Crippen molar-refractivity contribution in [3.05, 3.63) is 11.7 Å². The Labute approximate surface area is 149 Å². The average molecular weight is 347 g/mol. The molecule has 2 saturated heterocycles. The van der Waals surface area contributed by atoms with Gasteiger partial charge in [0.25, 0.3) is 0 Å². The predicted molar refractivity (Wildman–Crippen MR) is 93.1 cm³/mol. The molecule has 0 bridgehead atoms. The summed E-state index contributed by atoms with van der Waals surface area (Å²) < 4.78 is 5.49. The molecule has 7 heteroatoms. The minimum Gasteiger partial charge on any atom is -0.343 e. The van der Waals surface area contributed by atoms with Gasteiger partial charge in [0.1, 0.15) is 0 Å². The maximum atomic E-state index is 11.6. The molecule has 25 heavy (non-hydrogen) atoms. The highest BCUT2D eigenvalue weighted by Gasteiger charge is 2.31. The highest BCUT2D eigenvalue weighted by Crippen LogP contribution is 2.38. The summed E-state index contributed by atoms with van der Waals surface area (Å²) in [5.74, 6) is 2.55. The largest absolute Gasteiger partial charge is 0.343 e. The average Bonchev–Trinajstić information content (AvgIpc) is 3.22. The second-order valence-electron chi connectivity index (χ2n) is 7.66. The third-order valence-electron chi connectivity index (χ3n) is 5.79. The molecule has 2 aliphatic heterocycles. The number of hydrogen-bond donors (Lipinski definition) is 0. The van der Waals surface area contributed by atoms with Crippen LogP contribution in [0.4, 0.5) is 0 Å². The van der Waals surface area contributed by atoms with Gasteiger partial charge < -0.3 is 14.3 Å². The van der Waals surface area contributed by atoms with Gasteiger partial charge in [-0.1, -0.05) is 5.16 Å². The van der Waals surface area contributed by atoms with Crippen LogP contribution >= 0.6 is 0 Å². The molecule has 3 fully saturated rings. The van der Waals surface area contributed by atoms with E-state index in [0.717, 1.165) is 76.8 Å². The normalized spacial score (nSPS) is 24.2. The molecule has 3 heterocycles. The molecule has 0 spiro atoms. The van der Waals surface area contributed by atoms with Crippen LogP contribution in [-0.4, -0.2) is 76.6 Å². The zero-order valence-corrected chi connectivity index (χ0v) is 15.2. The third-order valence-corrected chi connectivity index (χ3v) is 5.79. The lowest BCUT2D eigenvalue weighted by Gasteiger charge is -2.37. The van der Waals surface area contributed by atoms with Crippen LogP contribution in [0.2, 0.25) is 0 Å². The molecular weight excluding hydrogens is 318 g/mol. The maximum absolute atomic E-state index is 11.6. The summed E-state index contributed by atoms with van der Waals surface area (Å²) in [6.07, 6.45) is 5.27. The topological polar surface area (TPSA) is 65.7 Å². The third kappa shape index (κ3) is 4.03. The van der Waals surface area contributed by atoms with Gasteiger partial charge in [0.05, 0.1) is 6.04 Å². The van der Waals surface area contributed by atoms with Crippen molar-refractivity contribution in [1.82, 2.24) is 24.8 Å². The Morgan fingerprint density at radius 1 is 1.16 bits per heavy atom. The number of carbonyl (C=O) groups excluding carboxylic acids is 1. The van der Waals surface area contributed by atoms with Crippen molar-refractivity contribution in [3.8, 4) is 0 Å². The first kappa shape index (κ1) is 17.0. The van der Waals surface area contributed by atoms with Crippen molar-refractivity contribution in [1.29, 1.82) is 0 Å². The molecule has 4 rings (SSSR count). The smallest absolute Gasteiger partial charge is 0.243 e. The van der Waals surface area contributed by atoms with Crippen LogP contribution in [0.3, 0.4) is 0 Å². The molecule has 1 aromatic heterocycles. The van der Waals surface area contributed by atoms with Gasteiger partial charge in [0.15, 0.2) is 5.82 Å². The van der Waals surface area contributed by atoms with Crippen LogP contribution in [0.1, 0.15) is 62.7 Å². The molecule has 1 amide bonds. The van der Waals surface area contributed by atoms with Crippen LogP contribution in [0.15, 0.2) is 4.52 Å². The standard InChI is InChI=1S/C18H29N5O2/c1-14(18-19-17(20-25-18)15-5-6-15)22-12-10-21(11-13-22)7-3-9-23-8-2-4-16(23)24/h14-15H,2-13H2,1H3/t14-/m0/s1. The van der Waals surface area contributed by atoms with Gasteiger partial charge in [-0.3, -0.25) is 9.69 Å². The van der Waals surface area contributed by atoms with Gasteiger partial charge in [-0.2, -0.15) is 4.98 Å². The van der Waals surface area contributed by atoms with Crippen molar-refractivity contribution in [2.75, 3.05) is 45.8 Å². The maximum Gasteiger partial charge on any atom is 0.243 e. The van der Waals surface area contributed by atoms with Crippen molar-refractivity contribution >= 4 is 5.91 Å². The predicted octanol–water partition coefficient (Wildman–Crippen LogP) is 1.64. The summed E-state index contributed by atoms with van der Waals surface area (Å²) in [6, 6.07) is 0.198. The molecule has 0 unspecified atom stereocenters. The summed E-state index contributed by atoms with van der Waals surface area (Å²) in [7, 11) is 0. The Kier molecular flexibility index (Phi) is 5.03. The van der Waals surface area contributed by atoms with Crippen molar-refractivity contribution in [2.24, 2.45) is 0 Å². The van der Waals surface area contributed by atoms with Gasteiger partial charge >= 0.3 is 0 Å². The van der Waals surface area contributed by atoms with E-state index in [1.807, 2.05) is 4.90 Å². The Hall–Kier alpha value is -1.47. The Bertz CT molecular complexity index is 592. The number of nitrogens with zero attached hydrogens (tertiary/aromatic N) is 5. The van der Waals surface area contributed by atoms with Gasteiger partial charge in [-0.05, 0) is 39.2 Å². The summed E-state index contributed by atoms with van der Waals surface area (Å²) in [5.41, 5.74) is 0. The fourth-order valence-corrected chi connectivity index (χ4v) is 3.88. The molecule has 7 nitrogen and oxygen atoms in total. The van der Waals surface area contributed by atoms with Crippen LogP contribution in [0, 0.1) is 0 Å². The summed E-state index contributed by atoms with van der Waals surface area (Å²) >= 11 is 0. The van der Waals surface area contributed by atoms with Crippen molar-refractivity contribution < 1.29 is 9.32 Å². The quantitative estimate of drug-likeness (QED) is 0.747. The molecule has 138 valence electrons. The fraction of sp³-hybridized carbons (Fsp3) is 0.833. The highest BCUT2D eigenvalue weighted by molar-refractivity contribution is 5.77. The van der Waals surface area contributed by atoms with Gasteiger partial charge in [0, 0.05) is 51.6 Å². The second-order valence-corrected chi connectivity index (χ2v) is 7.66. The molecule has 1 aromatic rings. The van der Waals surface area contributed by atoms with E-state index in [1.165, 1.54) is 12.8 Å². The Morgan fingerprint density at radius 2 is 1.96 bits per heavy atom. The number of aromatic nitrogens is 2. The number of rotatable bonds is 7. The van der Waals surface area contributed by atoms with E-state index in [0.29, 0.717) is 11.8 Å². The Balaban J connectivity index is 1.19. The minimum atomic E-state index is 0.198. The lowest BCUT2D eigenvalue weighted by molar-refractivity contribution is -0.127. The highest BCUT2D eigenvalue weighted by atomic mass is 16.5. The number of likely N-dealkylation sites (tertiary alicyclic amines) is 1. The van der Waals surface area contributed by atoms with Gasteiger partial charge in [-0.25, -0.2) is 0 Å². The SMILES string of the molecule is C[C@@H](c1nc(C2CC2)no1)N1CCN(CCCN2CCCC2=O)CC1. The molecule has 1 atom stereocenters. The molecular formula is C18H29N5O2. The minimum absolute atomic E-state index is 0.198. The lowest BCUT2D eigenvalue weighted by Crippen LogP contribution is -2.47. The first-order chi connectivity index (χ1) is 12.2. The summed E-state index contributed by atoms with van der Waals surface area (Å²) in [4.78, 5) is 23.2. The fourth-order valence-electron chi connectivity index (χ4n) is 3.88. The molecule has 1 saturated carbocycles. The molecule has 0 aromatic carbocycles. The van der Waals surface area contributed by atoms with Crippen LogP contribution in [0.25, 0.3) is 0 Å². The zero-order chi connectivity index (χ0) is 17.2. The van der Waals surface area contributed by atoms with E-state index in [2.05, 4.69) is 26.9 Å². The van der Waals surface area contributed by atoms with Crippen LogP contribution in [-0.2, 0) is 4.79 Å². The first-order valence-corrected chi connectivity index (χ1v) is 9.78. The molecule has 0 N–H and O–H groups in total. The molecule has 3 aliphatic rings. The van der Waals surface area contributed by atoms with E-state index in [4.69, 9.17) is 4.52 Å². The summed E-state index contributed by atoms with van der Waals surface area (Å²) in [6.45, 7) is 9.33. The number of piperazine rings is 1. The number of amides is 1.